The smallest absolute Gasteiger partial charge is 0.278 e. The molecule has 0 saturated carbocycles. The number of ether oxygens (including phenoxy) is 4. The van der Waals surface area contributed by atoms with Crippen LogP contribution in [0.5, 0.6) is 17.4 Å². The summed E-state index contributed by atoms with van der Waals surface area (Å²) in [5, 5.41) is 13.6. The Balaban J connectivity index is 1.63. The summed E-state index contributed by atoms with van der Waals surface area (Å²) in [6.45, 7) is 4.02. The Morgan fingerprint density at radius 3 is 2.58 bits per heavy atom. The van der Waals surface area contributed by atoms with Crippen molar-refractivity contribution in [2.45, 2.75) is 27.1 Å². The lowest BCUT2D eigenvalue weighted by atomic mass is 10.1. The van der Waals surface area contributed by atoms with Crippen molar-refractivity contribution in [3.63, 3.8) is 0 Å². The minimum atomic E-state index is -0.513. The van der Waals surface area contributed by atoms with Crippen LogP contribution in [0.1, 0.15) is 33.5 Å². The lowest BCUT2D eigenvalue weighted by Gasteiger charge is -2.14. The average molecular weight is 693 g/mol. The molecule has 9 nitrogen and oxygen atoms in total. The number of pyridine rings is 1. The van der Waals surface area contributed by atoms with E-state index in [9.17, 15) is 10.1 Å². The summed E-state index contributed by atoms with van der Waals surface area (Å²) in [6, 6.07) is 13.8. The van der Waals surface area contributed by atoms with Gasteiger partial charge in [-0.25, -0.2) is 10.4 Å². The van der Waals surface area contributed by atoms with Crippen LogP contribution in [-0.2, 0) is 22.7 Å². The fourth-order valence-corrected chi connectivity index (χ4v) is 4.54. The number of hydrogen-bond donors (Lipinski definition) is 1. The van der Waals surface area contributed by atoms with Gasteiger partial charge < -0.3 is 18.9 Å². The minimum Gasteiger partial charge on any atom is -0.493 e. The Kier molecular flexibility index (Phi) is 10.9. The van der Waals surface area contributed by atoms with Crippen molar-refractivity contribution >= 4 is 50.6 Å². The van der Waals surface area contributed by atoms with E-state index in [1.165, 1.54) is 18.9 Å². The van der Waals surface area contributed by atoms with E-state index in [0.29, 0.717) is 39.4 Å². The van der Waals surface area contributed by atoms with E-state index in [4.69, 9.17) is 18.9 Å². The third-order valence-corrected chi connectivity index (χ3v) is 7.12. The number of hydrazone groups is 1. The van der Waals surface area contributed by atoms with E-state index < -0.39 is 5.91 Å². The van der Waals surface area contributed by atoms with Crippen LogP contribution in [-0.4, -0.2) is 37.9 Å². The molecule has 198 valence electrons. The summed E-state index contributed by atoms with van der Waals surface area (Å²) in [5.74, 6) is 0.717. The highest BCUT2D eigenvalue weighted by Gasteiger charge is 2.18. The fourth-order valence-electron chi connectivity index (χ4n) is 3.35. The van der Waals surface area contributed by atoms with Gasteiger partial charge in [0.2, 0.25) is 5.88 Å². The van der Waals surface area contributed by atoms with Crippen LogP contribution >= 0.6 is 38.5 Å². The second kappa shape index (κ2) is 14.1. The van der Waals surface area contributed by atoms with Crippen LogP contribution in [0.4, 0.5) is 0 Å². The molecule has 0 spiro atoms. The van der Waals surface area contributed by atoms with Gasteiger partial charge in [-0.15, -0.1) is 0 Å². The molecule has 0 aliphatic carbocycles. The largest absolute Gasteiger partial charge is 0.493 e. The lowest BCUT2D eigenvalue weighted by Crippen LogP contribution is -2.25. The van der Waals surface area contributed by atoms with Gasteiger partial charge in [-0.2, -0.15) is 10.4 Å². The first kappa shape index (κ1) is 29.3. The maximum absolute atomic E-state index is 12.3. The van der Waals surface area contributed by atoms with E-state index in [-0.39, 0.29) is 24.7 Å². The highest BCUT2D eigenvalue weighted by atomic mass is 127. The predicted octanol–water partition coefficient (Wildman–Crippen LogP) is 5.20. The number of nitriles is 1. The number of aryl methyl sites for hydroxylation is 2. The molecule has 11 heteroatoms. The standard InChI is InChI=1S/C27H26BrIN4O5/c1-16-5-7-18(8-6-16)13-37-26-22(29)9-19(10-23(26)36-4)12-31-33-24(34)15-38-27-20(11-30)21(14-35-3)25(28)17(2)32-27/h5-10,12H,13-15H2,1-4H3,(H,33,34)/b31-12+. The number of hydrogen-bond acceptors (Lipinski definition) is 8. The van der Waals surface area contributed by atoms with E-state index in [0.717, 1.165) is 9.13 Å². The van der Waals surface area contributed by atoms with E-state index >= 15 is 0 Å². The van der Waals surface area contributed by atoms with Crippen molar-refractivity contribution in [2.24, 2.45) is 5.10 Å². The Bertz CT molecular complexity index is 1370. The van der Waals surface area contributed by atoms with Crippen molar-refractivity contribution < 1.29 is 23.7 Å². The molecule has 0 atom stereocenters. The number of methoxy groups -OCH3 is 2. The molecule has 38 heavy (non-hydrogen) atoms. The number of carbonyl (C=O) groups is 1. The Morgan fingerprint density at radius 2 is 1.92 bits per heavy atom. The Labute approximate surface area is 243 Å². The van der Waals surface area contributed by atoms with Gasteiger partial charge >= 0.3 is 0 Å². The van der Waals surface area contributed by atoms with Crippen molar-refractivity contribution in [1.29, 1.82) is 5.26 Å². The van der Waals surface area contributed by atoms with Gasteiger partial charge in [0.15, 0.2) is 18.1 Å². The molecular formula is C27H26BrIN4O5. The van der Waals surface area contributed by atoms with Crippen LogP contribution < -0.4 is 19.6 Å². The lowest BCUT2D eigenvalue weighted by molar-refractivity contribution is -0.123. The van der Waals surface area contributed by atoms with Crippen LogP contribution in [0.25, 0.3) is 0 Å². The molecule has 0 unspecified atom stereocenters. The molecular weight excluding hydrogens is 667 g/mol. The number of amides is 1. The van der Waals surface area contributed by atoms with Crippen molar-refractivity contribution in [3.05, 3.63) is 78.0 Å². The highest BCUT2D eigenvalue weighted by Crippen LogP contribution is 2.34. The third kappa shape index (κ3) is 7.66. The normalized spacial score (nSPS) is 10.8. The molecule has 3 rings (SSSR count). The second-order valence-electron chi connectivity index (χ2n) is 8.10. The third-order valence-electron chi connectivity index (χ3n) is 5.27. The molecule has 0 saturated heterocycles. The number of carbonyl (C=O) groups excluding carboxylic acids is 1. The SMILES string of the molecule is COCc1c(Br)c(C)nc(OCC(=O)N/N=C/c2cc(I)c(OCc3ccc(C)cc3)c(OC)c2)c1C#N. The molecule has 3 aromatic rings. The van der Waals surface area contributed by atoms with Crippen LogP contribution in [0.15, 0.2) is 46.0 Å². The van der Waals surface area contributed by atoms with Crippen molar-refractivity contribution in [3.8, 4) is 23.4 Å². The topological polar surface area (TPSA) is 115 Å². The number of nitrogens with zero attached hydrogens (tertiary/aromatic N) is 3. The van der Waals surface area contributed by atoms with E-state index in [1.807, 2.05) is 37.3 Å². The number of aromatic nitrogens is 1. The number of nitrogens with one attached hydrogen (secondary N) is 1. The van der Waals surface area contributed by atoms with E-state index in [1.54, 1.807) is 20.1 Å². The maximum Gasteiger partial charge on any atom is 0.278 e. The average Bonchev–Trinajstić information content (AvgIpc) is 2.90. The summed E-state index contributed by atoms with van der Waals surface area (Å²) in [7, 11) is 3.09. The van der Waals surface area contributed by atoms with Gasteiger partial charge in [0, 0.05) is 17.1 Å². The molecule has 0 fully saturated rings. The summed E-state index contributed by atoms with van der Waals surface area (Å²) in [6.07, 6.45) is 1.49. The summed E-state index contributed by atoms with van der Waals surface area (Å²) in [4.78, 5) is 16.6. The summed E-state index contributed by atoms with van der Waals surface area (Å²) in [5.41, 5.74) is 6.77. The first-order chi connectivity index (χ1) is 18.3. The molecule has 0 aliphatic heterocycles. The zero-order valence-corrected chi connectivity index (χ0v) is 25.0. The monoisotopic (exact) mass is 692 g/mol. The summed E-state index contributed by atoms with van der Waals surface area (Å²) >= 11 is 5.59. The maximum atomic E-state index is 12.3. The molecule has 1 aromatic heterocycles. The first-order valence-electron chi connectivity index (χ1n) is 11.4. The molecule has 1 N–H and O–H groups in total. The van der Waals surface area contributed by atoms with Gasteiger partial charge in [0.05, 0.1) is 29.2 Å². The van der Waals surface area contributed by atoms with Crippen molar-refractivity contribution in [2.75, 3.05) is 20.8 Å². The van der Waals surface area contributed by atoms with Gasteiger partial charge in [0.25, 0.3) is 5.91 Å². The number of benzene rings is 2. The Morgan fingerprint density at radius 1 is 1.18 bits per heavy atom. The van der Waals surface area contributed by atoms with Gasteiger partial charge in [-0.1, -0.05) is 29.8 Å². The van der Waals surface area contributed by atoms with Crippen LogP contribution in [0.2, 0.25) is 0 Å². The van der Waals surface area contributed by atoms with Gasteiger partial charge in [0.1, 0.15) is 18.2 Å². The van der Waals surface area contributed by atoms with Gasteiger partial charge in [-0.05, 0) is 75.6 Å². The zero-order valence-electron chi connectivity index (χ0n) is 21.3. The molecule has 0 bridgehead atoms. The number of rotatable bonds is 11. The van der Waals surface area contributed by atoms with Gasteiger partial charge in [-0.3, -0.25) is 4.79 Å². The number of halogens is 2. The molecule has 0 radical (unpaired) electrons. The van der Waals surface area contributed by atoms with Crippen molar-refractivity contribution in [1.82, 2.24) is 10.4 Å². The molecule has 0 aliphatic rings. The Hall–Kier alpha value is -3.21. The first-order valence-corrected chi connectivity index (χ1v) is 13.2. The van der Waals surface area contributed by atoms with Crippen LogP contribution in [0, 0.1) is 28.7 Å². The fraction of sp³-hybridized carbons (Fsp3) is 0.259. The quantitative estimate of drug-likeness (QED) is 0.167. The summed E-state index contributed by atoms with van der Waals surface area (Å²) < 4.78 is 23.7. The van der Waals surface area contributed by atoms with Crippen LogP contribution in [0.3, 0.4) is 0 Å². The minimum absolute atomic E-state index is 0.0555. The zero-order chi connectivity index (χ0) is 27.7. The molecule has 2 aromatic carbocycles. The highest BCUT2D eigenvalue weighted by molar-refractivity contribution is 14.1. The second-order valence-corrected chi connectivity index (χ2v) is 10.1. The molecule has 1 heterocycles. The van der Waals surface area contributed by atoms with E-state index in [2.05, 4.69) is 60.1 Å². The molecule has 1 amide bonds. The predicted molar refractivity (Wildman–Crippen MR) is 155 cm³/mol.